The van der Waals surface area contributed by atoms with Crippen molar-refractivity contribution in [2.75, 3.05) is 6.61 Å². The van der Waals surface area contributed by atoms with Gasteiger partial charge in [0.2, 0.25) is 0 Å². The molecule has 102 valence electrons. The molecule has 2 atom stereocenters. The van der Waals surface area contributed by atoms with Crippen molar-refractivity contribution in [3.05, 3.63) is 17.2 Å². The molecule has 9 heteroatoms. The van der Waals surface area contributed by atoms with Crippen LogP contribution in [0.15, 0.2) is 6.33 Å². The maximum atomic E-state index is 11.4. The van der Waals surface area contributed by atoms with Gasteiger partial charge in [-0.1, -0.05) is 11.6 Å². The number of nitrogens with one attached hydrogen (secondary N) is 1. The molecule has 0 fully saturated rings. The molecule has 3 N–H and O–H groups in total. The Labute approximate surface area is 112 Å². The van der Waals surface area contributed by atoms with Crippen LogP contribution in [0, 0.1) is 0 Å². The molecule has 0 aliphatic heterocycles. The third kappa shape index (κ3) is 2.50. The van der Waals surface area contributed by atoms with Gasteiger partial charge in [-0.3, -0.25) is 5.10 Å². The molecule has 0 spiro atoms. The molecular formula is C10H11ClN4O4. The molecule has 2 aromatic heterocycles. The van der Waals surface area contributed by atoms with Crippen LogP contribution in [-0.4, -0.2) is 49.1 Å². The topological polar surface area (TPSA) is 121 Å². The Kier molecular flexibility index (Phi) is 3.93. The van der Waals surface area contributed by atoms with Crippen molar-refractivity contribution in [2.24, 2.45) is 0 Å². The number of carbonyl (C=O) groups excluding carboxylic acids is 1. The van der Waals surface area contributed by atoms with E-state index in [0.29, 0.717) is 0 Å². The second-order valence-electron chi connectivity index (χ2n) is 3.64. The minimum Gasteiger partial charge on any atom is -0.464 e. The van der Waals surface area contributed by atoms with Crippen LogP contribution >= 0.6 is 11.6 Å². The number of aromatic nitrogens is 4. The van der Waals surface area contributed by atoms with Crippen molar-refractivity contribution >= 4 is 28.6 Å². The summed E-state index contributed by atoms with van der Waals surface area (Å²) in [5.74, 6) is -0.939. The van der Waals surface area contributed by atoms with Gasteiger partial charge < -0.3 is 14.9 Å². The van der Waals surface area contributed by atoms with E-state index >= 15 is 0 Å². The Morgan fingerprint density at radius 3 is 2.95 bits per heavy atom. The highest BCUT2D eigenvalue weighted by molar-refractivity contribution is 6.34. The maximum absolute atomic E-state index is 11.4. The molecular weight excluding hydrogens is 276 g/mol. The van der Waals surface area contributed by atoms with Gasteiger partial charge in [-0.25, -0.2) is 14.8 Å². The average molecular weight is 287 g/mol. The van der Waals surface area contributed by atoms with Crippen molar-refractivity contribution in [3.63, 3.8) is 0 Å². The first-order valence-electron chi connectivity index (χ1n) is 5.43. The van der Waals surface area contributed by atoms with Crippen molar-refractivity contribution < 1.29 is 19.7 Å². The summed E-state index contributed by atoms with van der Waals surface area (Å²) in [7, 11) is 0. The Morgan fingerprint density at radius 1 is 1.53 bits per heavy atom. The van der Waals surface area contributed by atoms with Crippen LogP contribution < -0.4 is 0 Å². The maximum Gasteiger partial charge on any atom is 0.338 e. The van der Waals surface area contributed by atoms with Gasteiger partial charge in [-0.2, -0.15) is 5.10 Å². The van der Waals surface area contributed by atoms with Gasteiger partial charge >= 0.3 is 5.97 Å². The van der Waals surface area contributed by atoms with Crippen LogP contribution in [-0.2, 0) is 9.53 Å². The number of nitrogens with zero attached hydrogens (tertiary/aromatic N) is 3. The van der Waals surface area contributed by atoms with E-state index in [1.807, 2.05) is 0 Å². The van der Waals surface area contributed by atoms with Gasteiger partial charge in [0.25, 0.3) is 0 Å². The number of aromatic amines is 1. The highest BCUT2D eigenvalue weighted by Crippen LogP contribution is 2.27. The fourth-order valence-electron chi connectivity index (χ4n) is 1.57. The second-order valence-corrected chi connectivity index (χ2v) is 4.00. The second kappa shape index (κ2) is 5.47. The van der Waals surface area contributed by atoms with Crippen LogP contribution in [0.1, 0.15) is 18.7 Å². The summed E-state index contributed by atoms with van der Waals surface area (Å²) in [6.45, 7) is 1.68. The molecule has 8 nitrogen and oxygen atoms in total. The fraction of sp³-hybridized carbons (Fsp3) is 0.400. The Bertz CT molecular complexity index is 602. The number of H-pyrrole nitrogens is 1. The molecule has 2 rings (SSSR count). The molecule has 0 radical (unpaired) electrons. The van der Waals surface area contributed by atoms with E-state index in [1.54, 1.807) is 6.92 Å². The summed E-state index contributed by atoms with van der Waals surface area (Å²) >= 11 is 5.87. The summed E-state index contributed by atoms with van der Waals surface area (Å²) in [5, 5.41) is 26.2. The highest BCUT2D eigenvalue weighted by atomic mass is 35.5. The highest BCUT2D eigenvalue weighted by Gasteiger charge is 2.30. The number of fused-ring (bicyclic) bond motifs is 1. The molecule has 0 saturated carbocycles. The largest absolute Gasteiger partial charge is 0.464 e. The van der Waals surface area contributed by atoms with Gasteiger partial charge in [-0.05, 0) is 6.92 Å². The molecule has 0 amide bonds. The van der Waals surface area contributed by atoms with Gasteiger partial charge in [0, 0.05) is 0 Å². The molecule has 0 bridgehead atoms. The third-order valence-electron chi connectivity index (χ3n) is 2.46. The quantitative estimate of drug-likeness (QED) is 0.533. The normalized spacial score (nSPS) is 14.3. The fourth-order valence-corrected chi connectivity index (χ4v) is 1.80. The van der Waals surface area contributed by atoms with Crippen LogP contribution in [0.3, 0.4) is 0 Å². The molecule has 0 saturated heterocycles. The standard InChI is InChI=1S/C10H11ClN4O4/c1-2-19-10(18)7(17)6(16)5-4-8(11)12-3-13-9(4)15-14-5/h3,6-7,16-17H,2H2,1H3,(H,12,13,14,15). The number of aliphatic hydroxyl groups excluding tert-OH is 2. The van der Waals surface area contributed by atoms with Gasteiger partial charge in [0.05, 0.1) is 17.7 Å². The van der Waals surface area contributed by atoms with Crippen molar-refractivity contribution in [1.82, 2.24) is 20.2 Å². The van der Waals surface area contributed by atoms with Gasteiger partial charge in [0.15, 0.2) is 11.8 Å². The number of carbonyl (C=O) groups is 1. The van der Waals surface area contributed by atoms with Crippen LogP contribution in [0.4, 0.5) is 0 Å². The first kappa shape index (κ1) is 13.7. The minimum absolute atomic E-state index is 0.0566. The summed E-state index contributed by atoms with van der Waals surface area (Å²) < 4.78 is 4.62. The summed E-state index contributed by atoms with van der Waals surface area (Å²) in [6, 6.07) is 0. The molecule has 0 aromatic carbocycles. The van der Waals surface area contributed by atoms with Crippen molar-refractivity contribution in [1.29, 1.82) is 0 Å². The van der Waals surface area contributed by atoms with Gasteiger partial charge in [0.1, 0.15) is 17.6 Å². The predicted molar refractivity (Wildman–Crippen MR) is 64.3 cm³/mol. The smallest absolute Gasteiger partial charge is 0.338 e. The number of aliphatic hydroxyl groups is 2. The molecule has 0 aliphatic rings. The Balaban J connectivity index is 2.36. The lowest BCUT2D eigenvalue weighted by Crippen LogP contribution is -2.30. The van der Waals surface area contributed by atoms with E-state index in [-0.39, 0.29) is 28.5 Å². The van der Waals surface area contributed by atoms with E-state index in [0.717, 1.165) is 0 Å². The van der Waals surface area contributed by atoms with Crippen molar-refractivity contribution in [3.8, 4) is 0 Å². The molecule has 19 heavy (non-hydrogen) atoms. The SMILES string of the molecule is CCOC(=O)C(O)C(O)c1[nH]nc2ncnc(Cl)c12. The summed E-state index contributed by atoms with van der Waals surface area (Å²) in [4.78, 5) is 19.0. The molecule has 0 aliphatic carbocycles. The van der Waals surface area contributed by atoms with Crippen molar-refractivity contribution in [2.45, 2.75) is 19.1 Å². The number of hydrogen-bond donors (Lipinski definition) is 3. The zero-order valence-corrected chi connectivity index (χ0v) is 10.6. The average Bonchev–Trinajstić information content (AvgIpc) is 2.82. The van der Waals surface area contributed by atoms with Crippen LogP contribution in [0.5, 0.6) is 0 Å². The zero-order valence-electron chi connectivity index (χ0n) is 9.87. The Morgan fingerprint density at radius 2 is 2.26 bits per heavy atom. The lowest BCUT2D eigenvalue weighted by Gasteiger charge is -2.15. The Hall–Kier alpha value is -1.77. The number of rotatable bonds is 4. The van der Waals surface area contributed by atoms with E-state index < -0.39 is 18.2 Å². The zero-order chi connectivity index (χ0) is 14.0. The number of hydrogen-bond acceptors (Lipinski definition) is 7. The first-order valence-corrected chi connectivity index (χ1v) is 5.81. The monoisotopic (exact) mass is 286 g/mol. The van der Waals surface area contributed by atoms with Gasteiger partial charge in [-0.15, -0.1) is 0 Å². The third-order valence-corrected chi connectivity index (χ3v) is 2.74. The first-order chi connectivity index (χ1) is 9.06. The lowest BCUT2D eigenvalue weighted by molar-refractivity contribution is -0.159. The van der Waals surface area contributed by atoms with Crippen LogP contribution in [0.25, 0.3) is 11.0 Å². The molecule has 2 heterocycles. The van der Waals surface area contributed by atoms with E-state index in [1.165, 1.54) is 6.33 Å². The lowest BCUT2D eigenvalue weighted by atomic mass is 10.1. The predicted octanol–water partition coefficient (Wildman–Crippen LogP) is -0.0363. The minimum atomic E-state index is -1.75. The number of esters is 1. The van der Waals surface area contributed by atoms with E-state index in [4.69, 9.17) is 11.6 Å². The molecule has 2 unspecified atom stereocenters. The molecule has 2 aromatic rings. The summed E-state index contributed by atoms with van der Waals surface area (Å²) in [6.07, 6.45) is -2.10. The number of ether oxygens (including phenoxy) is 1. The van der Waals surface area contributed by atoms with Crippen LogP contribution in [0.2, 0.25) is 5.15 Å². The number of halogens is 1. The summed E-state index contributed by atoms with van der Waals surface area (Å²) in [5.41, 5.74) is 0.284. The van der Waals surface area contributed by atoms with E-state index in [2.05, 4.69) is 24.9 Å². The van der Waals surface area contributed by atoms with E-state index in [9.17, 15) is 15.0 Å².